The summed E-state index contributed by atoms with van der Waals surface area (Å²) in [6.07, 6.45) is 3.98. The van der Waals surface area contributed by atoms with Gasteiger partial charge in [0.1, 0.15) is 5.78 Å². The molecule has 1 fully saturated rings. The zero-order chi connectivity index (χ0) is 12.5. The molecule has 2 rings (SSSR count). The van der Waals surface area contributed by atoms with E-state index in [-0.39, 0.29) is 11.3 Å². The maximum Gasteiger partial charge on any atom is 0.136 e. The fourth-order valence-electron chi connectivity index (χ4n) is 2.84. The van der Waals surface area contributed by atoms with Gasteiger partial charge < -0.3 is 0 Å². The van der Waals surface area contributed by atoms with Crippen LogP contribution in [0.2, 0.25) is 5.02 Å². The van der Waals surface area contributed by atoms with E-state index in [4.69, 9.17) is 11.6 Å². The van der Waals surface area contributed by atoms with Crippen molar-refractivity contribution in [3.05, 3.63) is 34.9 Å². The molecule has 92 valence electrons. The van der Waals surface area contributed by atoms with Crippen LogP contribution in [0, 0.1) is 5.92 Å². The maximum absolute atomic E-state index is 12.1. The molecule has 0 bridgehead atoms. The number of rotatable bonds is 2. The summed E-state index contributed by atoms with van der Waals surface area (Å²) in [7, 11) is 0. The van der Waals surface area contributed by atoms with Crippen molar-refractivity contribution in [3.8, 4) is 0 Å². The Morgan fingerprint density at radius 1 is 1.29 bits per heavy atom. The number of halogens is 1. The molecular formula is C15H19ClO. The first-order valence-corrected chi connectivity index (χ1v) is 6.68. The van der Waals surface area contributed by atoms with Crippen LogP contribution in [0.1, 0.15) is 45.1 Å². The topological polar surface area (TPSA) is 17.1 Å². The van der Waals surface area contributed by atoms with E-state index in [1.165, 1.54) is 12.0 Å². The summed E-state index contributed by atoms with van der Waals surface area (Å²) in [5, 5.41) is 0.749. The molecule has 1 atom stereocenters. The summed E-state index contributed by atoms with van der Waals surface area (Å²) in [4.78, 5) is 12.1. The van der Waals surface area contributed by atoms with Crippen molar-refractivity contribution in [3.63, 3.8) is 0 Å². The molecule has 0 radical (unpaired) electrons. The van der Waals surface area contributed by atoms with Crippen LogP contribution in [0.5, 0.6) is 0 Å². The van der Waals surface area contributed by atoms with Gasteiger partial charge in [0.15, 0.2) is 0 Å². The van der Waals surface area contributed by atoms with Crippen molar-refractivity contribution in [2.75, 3.05) is 0 Å². The Kier molecular flexibility index (Phi) is 3.58. The summed E-state index contributed by atoms with van der Waals surface area (Å²) < 4.78 is 0. The highest BCUT2D eigenvalue weighted by atomic mass is 35.5. The van der Waals surface area contributed by atoms with Gasteiger partial charge >= 0.3 is 0 Å². The number of benzene rings is 1. The van der Waals surface area contributed by atoms with Crippen LogP contribution >= 0.6 is 11.6 Å². The van der Waals surface area contributed by atoms with Crippen LogP contribution in [0.3, 0.4) is 0 Å². The van der Waals surface area contributed by atoms with Crippen molar-refractivity contribution < 1.29 is 4.79 Å². The fourth-order valence-corrected chi connectivity index (χ4v) is 3.03. The minimum atomic E-state index is -0.109. The Balaban J connectivity index is 2.31. The molecule has 0 saturated heterocycles. The lowest BCUT2D eigenvalue weighted by Gasteiger charge is -2.36. The van der Waals surface area contributed by atoms with Gasteiger partial charge in [0.05, 0.1) is 0 Å². The lowest BCUT2D eigenvalue weighted by Crippen LogP contribution is -2.36. The Hall–Kier alpha value is -0.820. The van der Waals surface area contributed by atoms with Gasteiger partial charge in [-0.25, -0.2) is 0 Å². The number of carbonyl (C=O) groups excluding carboxylic acids is 1. The highest BCUT2D eigenvalue weighted by Crippen LogP contribution is 2.39. The summed E-state index contributed by atoms with van der Waals surface area (Å²) in [6.45, 7) is 4.32. The van der Waals surface area contributed by atoms with Crippen LogP contribution in [0.15, 0.2) is 24.3 Å². The van der Waals surface area contributed by atoms with E-state index in [0.29, 0.717) is 5.78 Å². The third-order valence-corrected chi connectivity index (χ3v) is 4.23. The highest BCUT2D eigenvalue weighted by molar-refractivity contribution is 6.30. The monoisotopic (exact) mass is 250 g/mol. The molecule has 1 aliphatic rings. The molecule has 0 heterocycles. The molecule has 0 aliphatic heterocycles. The first kappa shape index (κ1) is 12.6. The largest absolute Gasteiger partial charge is 0.299 e. The van der Waals surface area contributed by atoms with Crippen molar-refractivity contribution in [1.29, 1.82) is 0 Å². The maximum atomic E-state index is 12.1. The second-order valence-electron chi connectivity index (χ2n) is 5.50. The van der Waals surface area contributed by atoms with Crippen LogP contribution in [-0.4, -0.2) is 5.78 Å². The molecule has 1 aromatic carbocycles. The number of hydrogen-bond donors (Lipinski definition) is 0. The van der Waals surface area contributed by atoms with Crippen molar-refractivity contribution in [1.82, 2.24) is 0 Å². The number of ketones is 1. The molecule has 0 N–H and O–H groups in total. The van der Waals surface area contributed by atoms with E-state index >= 15 is 0 Å². The molecular weight excluding hydrogens is 232 g/mol. The van der Waals surface area contributed by atoms with Crippen LogP contribution in [0.4, 0.5) is 0 Å². The zero-order valence-electron chi connectivity index (χ0n) is 10.5. The number of hydrogen-bond acceptors (Lipinski definition) is 1. The lowest BCUT2D eigenvalue weighted by molar-refractivity contribution is -0.126. The average Bonchev–Trinajstić information content (AvgIpc) is 2.29. The molecule has 2 heteroatoms. The summed E-state index contributed by atoms with van der Waals surface area (Å²) in [5.74, 6) is 0.566. The van der Waals surface area contributed by atoms with Crippen molar-refractivity contribution >= 4 is 17.4 Å². The number of carbonyl (C=O) groups is 1. The summed E-state index contributed by atoms with van der Waals surface area (Å²) in [5.41, 5.74) is 1.06. The molecule has 1 aliphatic carbocycles. The van der Waals surface area contributed by atoms with E-state index < -0.39 is 0 Å². The first-order valence-electron chi connectivity index (χ1n) is 6.30. The van der Waals surface area contributed by atoms with E-state index in [9.17, 15) is 4.79 Å². The van der Waals surface area contributed by atoms with Crippen LogP contribution in [0.25, 0.3) is 0 Å². The first-order chi connectivity index (χ1) is 8.01. The molecule has 1 nitrogen and oxygen atoms in total. The van der Waals surface area contributed by atoms with Gasteiger partial charge in [-0.3, -0.25) is 4.79 Å². The molecule has 0 spiro atoms. The normalized spacial score (nSPS) is 21.6. The van der Waals surface area contributed by atoms with Gasteiger partial charge in [0.25, 0.3) is 0 Å². The molecule has 1 saturated carbocycles. The molecule has 1 unspecified atom stereocenters. The predicted octanol–water partition coefficient (Wildman–Crippen LogP) is 4.38. The number of Topliss-reactive ketones (excluding diaryl/α,β-unsaturated/α-hetero) is 1. The van der Waals surface area contributed by atoms with Crippen LogP contribution < -0.4 is 0 Å². The minimum absolute atomic E-state index is 0.109. The third kappa shape index (κ3) is 2.55. The Morgan fingerprint density at radius 3 is 2.71 bits per heavy atom. The van der Waals surface area contributed by atoms with Gasteiger partial charge in [-0.2, -0.15) is 0 Å². The van der Waals surface area contributed by atoms with Gasteiger partial charge in [-0.05, 0) is 36.0 Å². The quantitative estimate of drug-likeness (QED) is 0.762. The summed E-state index contributed by atoms with van der Waals surface area (Å²) >= 11 is 6.04. The molecule has 0 aromatic heterocycles. The second-order valence-corrected chi connectivity index (χ2v) is 5.93. The smallest absolute Gasteiger partial charge is 0.136 e. The van der Waals surface area contributed by atoms with E-state index in [1.807, 2.05) is 18.2 Å². The standard InChI is InChI=1S/C15H19ClO/c1-15(2,11-6-5-7-12(16)10-11)13-8-3-4-9-14(13)17/h5-7,10,13H,3-4,8-9H2,1-2H3. The van der Waals surface area contributed by atoms with Crippen molar-refractivity contribution in [2.45, 2.75) is 44.9 Å². The van der Waals surface area contributed by atoms with E-state index in [0.717, 1.165) is 24.3 Å². The van der Waals surface area contributed by atoms with E-state index in [1.54, 1.807) is 0 Å². The fraction of sp³-hybridized carbons (Fsp3) is 0.533. The highest BCUT2D eigenvalue weighted by Gasteiger charge is 2.37. The molecule has 0 amide bonds. The molecule has 1 aromatic rings. The van der Waals surface area contributed by atoms with Gasteiger partial charge in [-0.1, -0.05) is 44.0 Å². The summed E-state index contributed by atoms with van der Waals surface area (Å²) in [6, 6.07) is 7.91. The SMILES string of the molecule is CC(C)(c1cccc(Cl)c1)C1CCCCC1=O. The zero-order valence-corrected chi connectivity index (χ0v) is 11.3. The second kappa shape index (κ2) is 4.81. The van der Waals surface area contributed by atoms with Gasteiger partial charge in [-0.15, -0.1) is 0 Å². The van der Waals surface area contributed by atoms with Gasteiger partial charge in [0, 0.05) is 17.4 Å². The van der Waals surface area contributed by atoms with E-state index in [2.05, 4.69) is 19.9 Å². The Labute approximate surface area is 108 Å². The minimum Gasteiger partial charge on any atom is -0.299 e. The predicted molar refractivity (Wildman–Crippen MR) is 71.4 cm³/mol. The average molecular weight is 251 g/mol. The van der Waals surface area contributed by atoms with Gasteiger partial charge in [0.2, 0.25) is 0 Å². The lowest BCUT2D eigenvalue weighted by atomic mass is 9.67. The third-order valence-electron chi connectivity index (χ3n) is 3.99. The Morgan fingerprint density at radius 2 is 2.06 bits per heavy atom. The Bertz CT molecular complexity index is 423. The molecule has 17 heavy (non-hydrogen) atoms. The van der Waals surface area contributed by atoms with Crippen molar-refractivity contribution in [2.24, 2.45) is 5.92 Å². The van der Waals surface area contributed by atoms with Crippen LogP contribution in [-0.2, 0) is 10.2 Å².